The highest BCUT2D eigenvalue weighted by molar-refractivity contribution is 7.25. The van der Waals surface area contributed by atoms with Crippen molar-refractivity contribution < 1.29 is 0 Å². The van der Waals surface area contributed by atoms with E-state index >= 15 is 0 Å². The number of aryl methyl sites for hydroxylation is 2. The van der Waals surface area contributed by atoms with Gasteiger partial charge in [0.1, 0.15) is 0 Å². The van der Waals surface area contributed by atoms with E-state index in [2.05, 4.69) is 211 Å². The van der Waals surface area contributed by atoms with Crippen molar-refractivity contribution in [3.05, 3.63) is 192 Å². The molecule has 0 atom stereocenters. The number of nitrogens with zero attached hydrogens (tertiary/aromatic N) is 1. The fraction of sp³-hybridized carbons (Fsp3) is 0.185. The Balaban J connectivity index is 0.000000422. The van der Waals surface area contributed by atoms with Gasteiger partial charge in [0, 0.05) is 37.2 Å². The van der Waals surface area contributed by atoms with Gasteiger partial charge in [-0.2, -0.15) is 0 Å². The molecule has 56 heavy (non-hydrogen) atoms. The standard InChI is InChI=1S/C43H37NS.C9H12.C2H6/c1-6-30(4)44(35-12-8-7-9-13-35)36-22-19-32(20-23-36)33-18-16-28(2)39(26-33)37-24-17-29(3)43(31(37)5)34-21-25-42-40(27-34)38-14-10-11-15-41(38)45-42;1-8(2)9-6-4-3-5-7-9;1-2/h6-27H,1-5H3;3-8H,1-2H3;1-2H3/b30-6+;;. The van der Waals surface area contributed by atoms with E-state index in [1.165, 1.54) is 81.5 Å². The number of benzene rings is 7. The van der Waals surface area contributed by atoms with Crippen LogP contribution in [0.1, 0.15) is 69.7 Å². The van der Waals surface area contributed by atoms with E-state index in [9.17, 15) is 0 Å². The smallest absolute Gasteiger partial charge is 0.0458 e. The van der Waals surface area contributed by atoms with Crippen molar-refractivity contribution in [3.8, 4) is 33.4 Å². The number of fused-ring (bicyclic) bond motifs is 3. The minimum Gasteiger partial charge on any atom is -0.315 e. The summed E-state index contributed by atoms with van der Waals surface area (Å²) in [5.74, 6) is 0.659. The molecule has 0 aliphatic rings. The predicted octanol–water partition coefficient (Wildman–Crippen LogP) is 16.9. The van der Waals surface area contributed by atoms with Gasteiger partial charge in [-0.3, -0.25) is 0 Å². The normalized spacial score (nSPS) is 11.2. The Morgan fingerprint density at radius 3 is 1.77 bits per heavy atom. The molecule has 1 aromatic heterocycles. The molecule has 2 heteroatoms. The Bertz CT molecular complexity index is 2560. The van der Waals surface area contributed by atoms with Gasteiger partial charge < -0.3 is 4.90 Å². The molecule has 1 nitrogen and oxygen atoms in total. The molecule has 0 bridgehead atoms. The molecule has 8 rings (SSSR count). The van der Waals surface area contributed by atoms with Crippen molar-refractivity contribution in [1.82, 2.24) is 0 Å². The third kappa shape index (κ3) is 8.57. The Kier molecular flexibility index (Phi) is 13.1. The lowest BCUT2D eigenvalue weighted by Crippen LogP contribution is -2.13. The number of para-hydroxylation sites is 1. The number of hydrogen-bond donors (Lipinski definition) is 0. The Morgan fingerprint density at radius 1 is 0.536 bits per heavy atom. The summed E-state index contributed by atoms with van der Waals surface area (Å²) in [5.41, 5.74) is 16.5. The fourth-order valence-corrected chi connectivity index (χ4v) is 8.55. The molecule has 0 saturated heterocycles. The second kappa shape index (κ2) is 18.3. The van der Waals surface area contributed by atoms with Crippen molar-refractivity contribution in [2.24, 2.45) is 0 Å². The maximum Gasteiger partial charge on any atom is 0.0458 e. The van der Waals surface area contributed by atoms with Crippen LogP contribution in [-0.2, 0) is 0 Å². The molecule has 0 spiro atoms. The van der Waals surface area contributed by atoms with Crippen molar-refractivity contribution in [3.63, 3.8) is 0 Å². The number of anilines is 2. The summed E-state index contributed by atoms with van der Waals surface area (Å²) in [7, 11) is 0. The van der Waals surface area contributed by atoms with Crippen LogP contribution in [0.5, 0.6) is 0 Å². The van der Waals surface area contributed by atoms with Gasteiger partial charge in [0.05, 0.1) is 0 Å². The average molecular weight is 750 g/mol. The van der Waals surface area contributed by atoms with Crippen LogP contribution in [-0.4, -0.2) is 0 Å². The van der Waals surface area contributed by atoms with Crippen LogP contribution >= 0.6 is 11.3 Å². The summed E-state index contributed by atoms with van der Waals surface area (Å²) < 4.78 is 2.69. The Morgan fingerprint density at radius 2 is 1.11 bits per heavy atom. The summed E-state index contributed by atoms with van der Waals surface area (Å²) in [6, 6.07) is 57.3. The van der Waals surface area contributed by atoms with Crippen LogP contribution < -0.4 is 4.90 Å². The first-order valence-corrected chi connectivity index (χ1v) is 20.8. The topological polar surface area (TPSA) is 3.24 Å². The third-order valence-corrected chi connectivity index (χ3v) is 11.7. The summed E-state index contributed by atoms with van der Waals surface area (Å²) in [5, 5.41) is 2.68. The maximum absolute atomic E-state index is 2.40. The molecule has 0 radical (unpaired) electrons. The van der Waals surface area contributed by atoms with Gasteiger partial charge in [0.2, 0.25) is 0 Å². The zero-order valence-corrected chi connectivity index (χ0v) is 35.3. The zero-order valence-electron chi connectivity index (χ0n) is 34.5. The lowest BCUT2D eigenvalue weighted by molar-refractivity contribution is 0.867. The van der Waals surface area contributed by atoms with Gasteiger partial charge in [-0.25, -0.2) is 0 Å². The van der Waals surface area contributed by atoms with E-state index in [4.69, 9.17) is 0 Å². The van der Waals surface area contributed by atoms with Crippen LogP contribution in [0.2, 0.25) is 0 Å². The van der Waals surface area contributed by atoms with Crippen LogP contribution in [0.25, 0.3) is 53.6 Å². The van der Waals surface area contributed by atoms with Crippen molar-refractivity contribution in [1.29, 1.82) is 0 Å². The Labute approximate surface area is 339 Å². The molecule has 282 valence electrons. The molecule has 0 amide bonds. The highest BCUT2D eigenvalue weighted by Gasteiger charge is 2.16. The maximum atomic E-state index is 2.40. The molecule has 1 heterocycles. The summed E-state index contributed by atoms with van der Waals surface area (Å²) in [6.07, 6.45) is 2.16. The van der Waals surface area contributed by atoms with E-state index in [-0.39, 0.29) is 0 Å². The second-order valence-electron chi connectivity index (χ2n) is 14.5. The zero-order chi connectivity index (χ0) is 39.8. The van der Waals surface area contributed by atoms with Crippen LogP contribution in [0.4, 0.5) is 11.4 Å². The van der Waals surface area contributed by atoms with Crippen molar-refractivity contribution in [2.75, 3.05) is 4.90 Å². The number of hydrogen-bond acceptors (Lipinski definition) is 2. The van der Waals surface area contributed by atoms with E-state index in [0.29, 0.717) is 5.92 Å². The van der Waals surface area contributed by atoms with Gasteiger partial charge in [-0.05, 0) is 145 Å². The lowest BCUT2D eigenvalue weighted by Gasteiger charge is -2.26. The SMILES string of the molecule is C/C=C(\C)N(c1ccccc1)c1ccc(-c2ccc(C)c(-c3ccc(C)c(-c4ccc5sc6ccccc6c5c4)c3C)c2)cc1.CC.CC(C)c1ccccc1. The summed E-state index contributed by atoms with van der Waals surface area (Å²) in [6.45, 7) is 19.4. The quantitative estimate of drug-likeness (QED) is 0.157. The molecule has 0 N–H and O–H groups in total. The molecular weight excluding hydrogens is 695 g/mol. The van der Waals surface area contributed by atoms with Crippen LogP contribution in [0, 0.1) is 20.8 Å². The lowest BCUT2D eigenvalue weighted by atomic mass is 9.86. The van der Waals surface area contributed by atoms with Gasteiger partial charge in [0.15, 0.2) is 0 Å². The van der Waals surface area contributed by atoms with Crippen molar-refractivity contribution in [2.45, 2.75) is 68.2 Å². The Hall–Kier alpha value is -5.70. The molecule has 0 aliphatic heterocycles. The second-order valence-corrected chi connectivity index (χ2v) is 15.6. The third-order valence-electron chi connectivity index (χ3n) is 10.6. The summed E-state index contributed by atoms with van der Waals surface area (Å²) >= 11 is 1.87. The van der Waals surface area contributed by atoms with Gasteiger partial charge in [-0.15, -0.1) is 11.3 Å². The van der Waals surface area contributed by atoms with Crippen LogP contribution in [0.15, 0.2) is 169 Å². The van der Waals surface area contributed by atoms with Crippen molar-refractivity contribution >= 4 is 42.9 Å². The first-order chi connectivity index (χ1) is 27.2. The average Bonchev–Trinajstić information content (AvgIpc) is 3.61. The predicted molar refractivity (Wildman–Crippen MR) is 250 cm³/mol. The van der Waals surface area contributed by atoms with Gasteiger partial charge in [-0.1, -0.05) is 143 Å². The minimum absolute atomic E-state index is 0.659. The molecular formula is C54H55NS. The molecule has 8 aromatic rings. The monoisotopic (exact) mass is 749 g/mol. The fourth-order valence-electron chi connectivity index (χ4n) is 7.46. The van der Waals surface area contributed by atoms with E-state index < -0.39 is 0 Å². The van der Waals surface area contributed by atoms with Gasteiger partial charge >= 0.3 is 0 Å². The highest BCUT2D eigenvalue weighted by Crippen LogP contribution is 2.41. The first-order valence-electron chi connectivity index (χ1n) is 20.0. The largest absolute Gasteiger partial charge is 0.315 e. The van der Waals surface area contributed by atoms with Gasteiger partial charge in [0.25, 0.3) is 0 Å². The molecule has 7 aromatic carbocycles. The van der Waals surface area contributed by atoms with E-state index in [1.54, 1.807) is 0 Å². The molecule has 0 saturated carbocycles. The van der Waals surface area contributed by atoms with E-state index in [0.717, 1.165) is 11.4 Å². The molecule has 0 unspecified atom stereocenters. The van der Waals surface area contributed by atoms with E-state index in [1.807, 2.05) is 31.3 Å². The number of thiophene rings is 1. The molecule has 0 fully saturated rings. The minimum atomic E-state index is 0.659. The molecule has 0 aliphatic carbocycles. The number of rotatable bonds is 7. The summed E-state index contributed by atoms with van der Waals surface area (Å²) in [4.78, 5) is 2.30. The van der Waals surface area contributed by atoms with Crippen LogP contribution in [0.3, 0.4) is 0 Å². The highest BCUT2D eigenvalue weighted by atomic mass is 32.1. The first kappa shape index (κ1) is 40.0. The number of allylic oxidation sites excluding steroid dienone is 2.